The maximum absolute atomic E-state index is 12.6. The van der Waals surface area contributed by atoms with Crippen molar-refractivity contribution in [1.29, 1.82) is 0 Å². The monoisotopic (exact) mass is 398 g/mol. The van der Waals surface area contributed by atoms with Crippen molar-refractivity contribution >= 4 is 35.1 Å². The van der Waals surface area contributed by atoms with Gasteiger partial charge in [-0.3, -0.25) is 14.4 Å². The van der Waals surface area contributed by atoms with Crippen molar-refractivity contribution in [2.24, 2.45) is 5.73 Å². The van der Waals surface area contributed by atoms with Gasteiger partial charge in [0.25, 0.3) is 11.8 Å². The molecule has 0 radical (unpaired) electrons. The third-order valence-electron chi connectivity index (χ3n) is 4.29. The van der Waals surface area contributed by atoms with E-state index in [1.807, 2.05) is 0 Å². The Labute approximate surface area is 166 Å². The first-order chi connectivity index (χ1) is 13.9. The van der Waals surface area contributed by atoms with Gasteiger partial charge in [-0.05, 0) is 30.7 Å². The number of hydrogen-bond acceptors (Lipinski definition) is 4. The van der Waals surface area contributed by atoms with Gasteiger partial charge in [0.1, 0.15) is 5.69 Å². The number of aryl methyl sites for hydroxylation is 1. The molecule has 0 unspecified atom stereocenters. The van der Waals surface area contributed by atoms with Gasteiger partial charge in [0, 0.05) is 43.6 Å². The highest BCUT2D eigenvalue weighted by Crippen LogP contribution is 2.18. The number of urea groups is 1. The average Bonchev–Trinajstić information content (AvgIpc) is 3.02. The van der Waals surface area contributed by atoms with Crippen molar-refractivity contribution in [3.05, 3.63) is 47.8 Å². The van der Waals surface area contributed by atoms with Gasteiger partial charge >= 0.3 is 6.03 Å². The number of nitrogens with one attached hydrogen (secondary N) is 4. The van der Waals surface area contributed by atoms with E-state index in [0.29, 0.717) is 35.7 Å². The summed E-state index contributed by atoms with van der Waals surface area (Å²) in [6.07, 6.45) is 2.50. The lowest BCUT2D eigenvalue weighted by Crippen LogP contribution is -2.31. The van der Waals surface area contributed by atoms with Gasteiger partial charge in [-0.2, -0.15) is 0 Å². The summed E-state index contributed by atoms with van der Waals surface area (Å²) in [6, 6.07) is 7.69. The molecular formula is C19H22N6O4. The van der Waals surface area contributed by atoms with Crippen molar-refractivity contribution in [3.8, 4) is 0 Å². The van der Waals surface area contributed by atoms with Gasteiger partial charge < -0.3 is 31.6 Å². The predicted molar refractivity (Wildman–Crippen MR) is 107 cm³/mol. The number of aromatic nitrogens is 1. The average molecular weight is 398 g/mol. The van der Waals surface area contributed by atoms with Crippen LogP contribution in [0.5, 0.6) is 0 Å². The highest BCUT2D eigenvalue weighted by Gasteiger charge is 2.19. The molecule has 0 saturated carbocycles. The maximum atomic E-state index is 12.6. The smallest absolute Gasteiger partial charge is 0.319 e. The van der Waals surface area contributed by atoms with Gasteiger partial charge in [0.2, 0.25) is 5.91 Å². The highest BCUT2D eigenvalue weighted by molar-refractivity contribution is 6.06. The van der Waals surface area contributed by atoms with E-state index in [2.05, 4.69) is 21.3 Å². The molecule has 5 amide bonds. The summed E-state index contributed by atoms with van der Waals surface area (Å²) in [7, 11) is 0. The molecule has 1 aromatic carbocycles. The number of nitrogens with two attached hydrogens (primary N) is 1. The Hall–Kier alpha value is -3.82. The number of anilines is 2. The number of carbonyl (C=O) groups excluding carboxylic acids is 4. The van der Waals surface area contributed by atoms with Gasteiger partial charge in [0.15, 0.2) is 0 Å². The van der Waals surface area contributed by atoms with E-state index in [1.165, 1.54) is 0 Å². The first-order valence-corrected chi connectivity index (χ1v) is 9.15. The fourth-order valence-corrected chi connectivity index (χ4v) is 2.90. The quantitative estimate of drug-likeness (QED) is 0.491. The zero-order chi connectivity index (χ0) is 20.8. The molecule has 10 nitrogen and oxygen atoms in total. The summed E-state index contributed by atoms with van der Waals surface area (Å²) in [4.78, 5) is 47.1. The summed E-state index contributed by atoms with van der Waals surface area (Å²) in [5.41, 5.74) is 6.79. The molecule has 0 fully saturated rings. The normalized spacial score (nSPS) is 12.9. The fraction of sp³-hybridized carbons (Fsp3) is 0.263. The SMILES string of the molecule is NC(=O)CCNC(=O)Nc1cccc(NC(=O)c2cc3n(c2)CCCNC3=O)c1. The van der Waals surface area contributed by atoms with Crippen LogP contribution < -0.4 is 27.0 Å². The Morgan fingerprint density at radius 3 is 2.66 bits per heavy atom. The minimum Gasteiger partial charge on any atom is -0.370 e. The lowest BCUT2D eigenvalue weighted by molar-refractivity contribution is -0.117. The van der Waals surface area contributed by atoms with E-state index in [0.717, 1.165) is 6.42 Å². The van der Waals surface area contributed by atoms with Gasteiger partial charge in [-0.15, -0.1) is 0 Å². The standard InChI is InChI=1S/C19H22N6O4/c20-16(26)5-7-22-19(29)24-14-4-1-3-13(10-14)23-17(27)12-9-15-18(28)21-6-2-8-25(15)11-12/h1,3-4,9-11H,2,5-8H2,(H2,20,26)(H,21,28)(H,23,27)(H2,22,24,29). The summed E-state index contributed by atoms with van der Waals surface area (Å²) in [5.74, 6) is -1.06. The Morgan fingerprint density at radius 1 is 1.14 bits per heavy atom. The second-order valence-corrected chi connectivity index (χ2v) is 6.55. The molecule has 0 aliphatic carbocycles. The molecule has 29 heavy (non-hydrogen) atoms. The van der Waals surface area contributed by atoms with Crippen LogP contribution in [-0.2, 0) is 11.3 Å². The third kappa shape index (κ3) is 5.34. The second-order valence-electron chi connectivity index (χ2n) is 6.55. The number of primary amides is 1. The lowest BCUT2D eigenvalue weighted by atomic mass is 10.2. The number of fused-ring (bicyclic) bond motifs is 1. The molecule has 1 aromatic heterocycles. The van der Waals surface area contributed by atoms with Gasteiger partial charge in [0.05, 0.1) is 5.56 Å². The second kappa shape index (κ2) is 8.91. The molecule has 6 N–H and O–H groups in total. The summed E-state index contributed by atoms with van der Waals surface area (Å²) < 4.78 is 1.77. The van der Waals surface area contributed by atoms with E-state index >= 15 is 0 Å². The Bertz CT molecular complexity index is 952. The molecule has 2 heterocycles. The first kappa shape index (κ1) is 19.9. The van der Waals surface area contributed by atoms with Crippen LogP contribution in [0.15, 0.2) is 36.5 Å². The van der Waals surface area contributed by atoms with Crippen molar-refractivity contribution in [2.45, 2.75) is 19.4 Å². The molecule has 0 saturated heterocycles. The summed E-state index contributed by atoms with van der Waals surface area (Å²) in [5, 5.41) is 10.7. The van der Waals surface area contributed by atoms with Crippen molar-refractivity contribution in [3.63, 3.8) is 0 Å². The van der Waals surface area contributed by atoms with Crippen LogP contribution in [0.1, 0.15) is 33.7 Å². The van der Waals surface area contributed by atoms with E-state index < -0.39 is 11.9 Å². The molecule has 10 heteroatoms. The minimum atomic E-state index is -0.504. The van der Waals surface area contributed by atoms with E-state index in [-0.39, 0.29) is 24.8 Å². The molecule has 1 aliphatic rings. The number of rotatable bonds is 6. The first-order valence-electron chi connectivity index (χ1n) is 9.15. The Balaban J connectivity index is 1.62. The van der Waals surface area contributed by atoms with Crippen molar-refractivity contribution in [1.82, 2.24) is 15.2 Å². The maximum Gasteiger partial charge on any atom is 0.319 e. The summed E-state index contributed by atoms with van der Waals surface area (Å²) >= 11 is 0. The molecule has 1 aliphatic heterocycles. The predicted octanol–water partition coefficient (Wildman–Crippen LogP) is 0.871. The van der Waals surface area contributed by atoms with Crippen LogP contribution in [0.4, 0.5) is 16.2 Å². The third-order valence-corrected chi connectivity index (χ3v) is 4.29. The number of benzene rings is 1. The molecule has 3 rings (SSSR count). The number of carbonyl (C=O) groups is 4. The van der Waals surface area contributed by atoms with Gasteiger partial charge in [-0.25, -0.2) is 4.79 Å². The molecule has 0 spiro atoms. The molecule has 152 valence electrons. The van der Waals surface area contributed by atoms with Crippen LogP contribution in [0.2, 0.25) is 0 Å². The number of amides is 5. The number of hydrogen-bond donors (Lipinski definition) is 5. The molecule has 0 atom stereocenters. The molecule has 2 aromatic rings. The Morgan fingerprint density at radius 2 is 1.90 bits per heavy atom. The van der Waals surface area contributed by atoms with E-state index in [9.17, 15) is 19.2 Å². The zero-order valence-electron chi connectivity index (χ0n) is 15.7. The highest BCUT2D eigenvalue weighted by atomic mass is 16.2. The fourth-order valence-electron chi connectivity index (χ4n) is 2.90. The van der Waals surface area contributed by atoms with Crippen LogP contribution in [0.3, 0.4) is 0 Å². The van der Waals surface area contributed by atoms with Crippen molar-refractivity contribution < 1.29 is 19.2 Å². The minimum absolute atomic E-state index is 0.0448. The zero-order valence-corrected chi connectivity index (χ0v) is 15.7. The van der Waals surface area contributed by atoms with Crippen molar-refractivity contribution in [2.75, 3.05) is 23.7 Å². The topological polar surface area (TPSA) is 147 Å². The molecular weight excluding hydrogens is 376 g/mol. The van der Waals surface area contributed by atoms with Crippen LogP contribution in [-0.4, -0.2) is 41.4 Å². The van der Waals surface area contributed by atoms with E-state index in [4.69, 9.17) is 5.73 Å². The summed E-state index contributed by atoms with van der Waals surface area (Å²) in [6.45, 7) is 1.40. The van der Waals surface area contributed by atoms with Crippen LogP contribution in [0.25, 0.3) is 0 Å². The lowest BCUT2D eigenvalue weighted by Gasteiger charge is -2.09. The van der Waals surface area contributed by atoms with Gasteiger partial charge in [-0.1, -0.05) is 6.07 Å². The van der Waals surface area contributed by atoms with Crippen LogP contribution in [0, 0.1) is 0 Å². The largest absolute Gasteiger partial charge is 0.370 e. The number of nitrogens with zero attached hydrogens (tertiary/aromatic N) is 1. The Kier molecular flexibility index (Phi) is 6.12. The van der Waals surface area contributed by atoms with E-state index in [1.54, 1.807) is 41.1 Å². The van der Waals surface area contributed by atoms with Crippen LogP contribution >= 0.6 is 0 Å². The molecule has 0 bridgehead atoms.